The van der Waals surface area contributed by atoms with Crippen LogP contribution < -0.4 is 9.64 Å². The van der Waals surface area contributed by atoms with Crippen LogP contribution in [0.15, 0.2) is 48.5 Å². The number of hydrogen-bond donors (Lipinski definition) is 0. The van der Waals surface area contributed by atoms with Crippen molar-refractivity contribution in [2.24, 2.45) is 0 Å². The van der Waals surface area contributed by atoms with E-state index in [0.29, 0.717) is 0 Å². The Labute approximate surface area is 154 Å². The van der Waals surface area contributed by atoms with Crippen molar-refractivity contribution in [1.29, 1.82) is 0 Å². The topological polar surface area (TPSA) is 15.7 Å². The van der Waals surface area contributed by atoms with Gasteiger partial charge < -0.3 is 14.5 Å². The molecular weight excluding hydrogens is 332 g/mol. The van der Waals surface area contributed by atoms with Crippen LogP contribution in [0.2, 0.25) is 5.02 Å². The number of fused-ring (bicyclic) bond motifs is 1. The predicted octanol–water partition coefficient (Wildman–Crippen LogP) is 4.46. The molecule has 4 rings (SSSR count). The molecule has 1 fully saturated rings. The Balaban J connectivity index is 1.51. The Kier molecular flexibility index (Phi) is 4.58. The van der Waals surface area contributed by atoms with E-state index in [1.54, 1.807) is 7.11 Å². The fourth-order valence-electron chi connectivity index (χ4n) is 3.90. The first-order valence-corrected chi connectivity index (χ1v) is 9.26. The van der Waals surface area contributed by atoms with Gasteiger partial charge in [0.2, 0.25) is 0 Å². The highest BCUT2D eigenvalue weighted by Gasteiger charge is 2.24. The predicted molar refractivity (Wildman–Crippen MR) is 105 cm³/mol. The molecule has 0 unspecified atom stereocenters. The minimum Gasteiger partial charge on any atom is -0.496 e. The van der Waals surface area contributed by atoms with Crippen molar-refractivity contribution in [2.75, 3.05) is 38.2 Å². The number of allylic oxidation sites excluding steroid dienone is 1. The molecule has 2 aromatic rings. The largest absolute Gasteiger partial charge is 0.496 e. The fourth-order valence-corrected chi connectivity index (χ4v) is 4.08. The Morgan fingerprint density at radius 2 is 1.72 bits per heavy atom. The summed E-state index contributed by atoms with van der Waals surface area (Å²) in [7, 11) is 1.76. The average Bonchev–Trinajstić information content (AvgIpc) is 2.67. The number of rotatable bonds is 3. The highest BCUT2D eigenvalue weighted by molar-refractivity contribution is 6.30. The highest BCUT2D eigenvalue weighted by atomic mass is 35.5. The first-order chi connectivity index (χ1) is 12.3. The fraction of sp³-hybridized carbons (Fsp3) is 0.333. The highest BCUT2D eigenvalue weighted by Crippen LogP contribution is 2.35. The maximum atomic E-state index is 6.14. The summed E-state index contributed by atoms with van der Waals surface area (Å²) in [5.41, 5.74) is 5.26. The molecule has 0 atom stereocenters. The van der Waals surface area contributed by atoms with Gasteiger partial charge >= 0.3 is 0 Å². The number of nitrogens with zero attached hydrogens (tertiary/aromatic N) is 2. The van der Waals surface area contributed by atoms with E-state index in [-0.39, 0.29) is 0 Å². The van der Waals surface area contributed by atoms with Crippen molar-refractivity contribution in [3.05, 3.63) is 64.7 Å². The molecule has 0 amide bonds. The van der Waals surface area contributed by atoms with Gasteiger partial charge in [0.05, 0.1) is 7.11 Å². The van der Waals surface area contributed by atoms with E-state index in [2.05, 4.69) is 46.2 Å². The third kappa shape index (κ3) is 3.21. The standard InChI is InChI=1S/C21H23ClN2O/c1-25-21-10-4-7-18-19(21)8-3-9-20(18)24-13-11-23(12-14-24)17-6-2-5-16(22)15-17/h2,4-7,9-10,15H,3,8,11-14H2,1H3. The maximum absolute atomic E-state index is 6.14. The van der Waals surface area contributed by atoms with Crippen molar-refractivity contribution >= 4 is 23.0 Å². The second kappa shape index (κ2) is 7.01. The van der Waals surface area contributed by atoms with Crippen LogP contribution in [0.4, 0.5) is 5.69 Å². The molecule has 130 valence electrons. The van der Waals surface area contributed by atoms with Crippen molar-refractivity contribution < 1.29 is 4.74 Å². The summed E-state index contributed by atoms with van der Waals surface area (Å²) in [6.45, 7) is 4.07. The quantitative estimate of drug-likeness (QED) is 0.809. The zero-order chi connectivity index (χ0) is 17.2. The molecule has 1 aliphatic heterocycles. The summed E-state index contributed by atoms with van der Waals surface area (Å²) in [4.78, 5) is 4.93. The molecule has 0 aromatic heterocycles. The number of anilines is 1. The lowest BCUT2D eigenvalue weighted by Crippen LogP contribution is -2.45. The van der Waals surface area contributed by atoms with Gasteiger partial charge in [-0.25, -0.2) is 0 Å². The van der Waals surface area contributed by atoms with E-state index in [9.17, 15) is 0 Å². The average molecular weight is 355 g/mol. The van der Waals surface area contributed by atoms with Gasteiger partial charge in [-0.3, -0.25) is 0 Å². The van der Waals surface area contributed by atoms with Crippen LogP contribution in [0.3, 0.4) is 0 Å². The summed E-state index contributed by atoms with van der Waals surface area (Å²) >= 11 is 6.14. The molecule has 0 bridgehead atoms. The van der Waals surface area contributed by atoms with Gasteiger partial charge in [0.1, 0.15) is 5.75 Å². The lowest BCUT2D eigenvalue weighted by atomic mass is 9.92. The summed E-state index contributed by atoms with van der Waals surface area (Å²) in [5.74, 6) is 1.01. The van der Waals surface area contributed by atoms with Crippen LogP contribution in [0.25, 0.3) is 5.70 Å². The lowest BCUT2D eigenvalue weighted by Gasteiger charge is -2.40. The van der Waals surface area contributed by atoms with E-state index in [1.165, 1.54) is 22.5 Å². The lowest BCUT2D eigenvalue weighted by molar-refractivity contribution is 0.364. The van der Waals surface area contributed by atoms with Crippen LogP contribution in [-0.4, -0.2) is 38.2 Å². The van der Waals surface area contributed by atoms with E-state index in [0.717, 1.165) is 49.8 Å². The van der Waals surface area contributed by atoms with E-state index < -0.39 is 0 Å². The van der Waals surface area contributed by atoms with Gasteiger partial charge in [-0.1, -0.05) is 35.9 Å². The van der Waals surface area contributed by atoms with E-state index in [1.807, 2.05) is 12.1 Å². The maximum Gasteiger partial charge on any atom is 0.122 e. The minimum absolute atomic E-state index is 0.802. The monoisotopic (exact) mass is 354 g/mol. The van der Waals surface area contributed by atoms with Gasteiger partial charge in [-0.05, 0) is 37.1 Å². The summed E-state index contributed by atoms with van der Waals surface area (Å²) in [5, 5.41) is 0.802. The van der Waals surface area contributed by atoms with Crippen LogP contribution in [0, 0.1) is 0 Å². The molecule has 0 radical (unpaired) electrons. The van der Waals surface area contributed by atoms with Crippen molar-refractivity contribution in [1.82, 2.24) is 4.90 Å². The smallest absolute Gasteiger partial charge is 0.122 e. The number of benzene rings is 2. The number of piperazine rings is 1. The van der Waals surface area contributed by atoms with Crippen molar-refractivity contribution in [3.8, 4) is 5.75 Å². The zero-order valence-corrected chi connectivity index (χ0v) is 15.3. The van der Waals surface area contributed by atoms with Crippen LogP contribution >= 0.6 is 11.6 Å². The normalized spacial score (nSPS) is 17.1. The number of halogens is 1. The second-order valence-corrected chi connectivity index (χ2v) is 7.00. The third-order valence-corrected chi connectivity index (χ3v) is 5.39. The van der Waals surface area contributed by atoms with Gasteiger partial charge in [0.25, 0.3) is 0 Å². The first-order valence-electron chi connectivity index (χ1n) is 8.88. The zero-order valence-electron chi connectivity index (χ0n) is 14.5. The minimum atomic E-state index is 0.802. The van der Waals surface area contributed by atoms with Gasteiger partial charge in [0, 0.05) is 53.7 Å². The molecule has 1 aliphatic carbocycles. The van der Waals surface area contributed by atoms with Crippen molar-refractivity contribution in [3.63, 3.8) is 0 Å². The molecule has 3 nitrogen and oxygen atoms in total. The first kappa shape index (κ1) is 16.3. The molecule has 1 heterocycles. The SMILES string of the molecule is COc1cccc2c1CCC=C2N1CCN(c2cccc(Cl)c2)CC1. The molecule has 2 aromatic carbocycles. The van der Waals surface area contributed by atoms with E-state index in [4.69, 9.17) is 16.3 Å². The Bertz CT molecular complexity index is 794. The number of methoxy groups -OCH3 is 1. The Hall–Kier alpha value is -2.13. The molecule has 1 saturated heterocycles. The third-order valence-electron chi connectivity index (χ3n) is 5.15. The van der Waals surface area contributed by atoms with Gasteiger partial charge in [0.15, 0.2) is 0 Å². The molecule has 4 heteroatoms. The molecule has 0 N–H and O–H groups in total. The summed E-state index contributed by atoms with van der Waals surface area (Å²) < 4.78 is 5.57. The van der Waals surface area contributed by atoms with Crippen LogP contribution in [-0.2, 0) is 6.42 Å². The summed E-state index contributed by atoms with van der Waals surface area (Å²) in [6.07, 6.45) is 4.53. The molecular formula is C21H23ClN2O. The molecule has 0 spiro atoms. The molecule has 2 aliphatic rings. The van der Waals surface area contributed by atoms with E-state index >= 15 is 0 Å². The Morgan fingerprint density at radius 3 is 2.48 bits per heavy atom. The Morgan fingerprint density at radius 1 is 0.960 bits per heavy atom. The van der Waals surface area contributed by atoms with Gasteiger partial charge in [-0.15, -0.1) is 0 Å². The van der Waals surface area contributed by atoms with Crippen LogP contribution in [0.1, 0.15) is 17.5 Å². The van der Waals surface area contributed by atoms with Gasteiger partial charge in [-0.2, -0.15) is 0 Å². The summed E-state index contributed by atoms with van der Waals surface area (Å²) in [6, 6.07) is 14.5. The second-order valence-electron chi connectivity index (χ2n) is 6.57. The molecule has 0 saturated carbocycles. The molecule has 25 heavy (non-hydrogen) atoms. The number of hydrogen-bond acceptors (Lipinski definition) is 3. The van der Waals surface area contributed by atoms with Crippen LogP contribution in [0.5, 0.6) is 5.75 Å². The number of ether oxygens (including phenoxy) is 1. The van der Waals surface area contributed by atoms with Crippen molar-refractivity contribution in [2.45, 2.75) is 12.8 Å².